The van der Waals surface area contributed by atoms with Gasteiger partial charge < -0.3 is 11.1 Å². The Hall–Kier alpha value is -1.67. The summed E-state index contributed by atoms with van der Waals surface area (Å²) in [6.07, 6.45) is 1.57. The average molecular weight is 270 g/mol. The second-order valence-electron chi connectivity index (χ2n) is 3.35. The van der Waals surface area contributed by atoms with Crippen molar-refractivity contribution in [3.8, 4) is 0 Å². The van der Waals surface area contributed by atoms with Crippen LogP contribution in [0.2, 0.25) is 0 Å². The average Bonchev–Trinajstić information content (AvgIpc) is 2.37. The Morgan fingerprint density at radius 1 is 1.56 bits per heavy atom. The van der Waals surface area contributed by atoms with E-state index >= 15 is 0 Å². The Kier molecular flexibility index (Phi) is 6.09. The van der Waals surface area contributed by atoms with Gasteiger partial charge in [0.2, 0.25) is 5.91 Å². The maximum Gasteiger partial charge on any atom is 0.287 e. The molecular formula is C10H14N4O3S. The Labute approximate surface area is 108 Å². The minimum absolute atomic E-state index is 0.0416. The standard InChI is InChI=1S/C10H14N4O3S/c11-4-5-12-9(15)3-6-18-10-2-1-8(7-13-10)14(16)17/h1-2,7H,3-6,11H2,(H,12,15). The summed E-state index contributed by atoms with van der Waals surface area (Å²) in [7, 11) is 0. The maximum absolute atomic E-state index is 11.2. The lowest BCUT2D eigenvalue weighted by atomic mass is 10.4. The van der Waals surface area contributed by atoms with Crippen molar-refractivity contribution in [2.45, 2.75) is 11.4 Å². The molecule has 7 nitrogen and oxygen atoms in total. The molecule has 1 heterocycles. The Balaban J connectivity index is 2.31. The van der Waals surface area contributed by atoms with Gasteiger partial charge in [-0.2, -0.15) is 0 Å². The summed E-state index contributed by atoms with van der Waals surface area (Å²) in [6.45, 7) is 0.891. The fraction of sp³-hybridized carbons (Fsp3) is 0.400. The number of nitrogens with two attached hydrogens (primary N) is 1. The third kappa shape index (κ3) is 5.11. The summed E-state index contributed by atoms with van der Waals surface area (Å²) >= 11 is 1.38. The van der Waals surface area contributed by atoms with Crippen LogP contribution in [0, 0.1) is 10.1 Å². The molecule has 1 amide bonds. The number of amides is 1. The van der Waals surface area contributed by atoms with E-state index in [9.17, 15) is 14.9 Å². The van der Waals surface area contributed by atoms with Gasteiger partial charge in [0.15, 0.2) is 0 Å². The minimum atomic E-state index is -0.498. The third-order valence-corrected chi connectivity index (χ3v) is 2.92. The summed E-state index contributed by atoms with van der Waals surface area (Å²) in [4.78, 5) is 25.1. The number of aromatic nitrogens is 1. The molecule has 0 aliphatic carbocycles. The lowest BCUT2D eigenvalue weighted by molar-refractivity contribution is -0.385. The smallest absolute Gasteiger partial charge is 0.287 e. The zero-order valence-corrected chi connectivity index (χ0v) is 10.5. The molecule has 0 bridgehead atoms. The van der Waals surface area contributed by atoms with Crippen LogP contribution in [0.5, 0.6) is 0 Å². The number of nitro groups is 1. The summed E-state index contributed by atoms with van der Waals surface area (Å²) in [6, 6.07) is 2.96. The van der Waals surface area contributed by atoms with E-state index in [-0.39, 0.29) is 11.6 Å². The zero-order valence-electron chi connectivity index (χ0n) is 9.67. The Morgan fingerprint density at radius 2 is 2.33 bits per heavy atom. The largest absolute Gasteiger partial charge is 0.355 e. The summed E-state index contributed by atoms with van der Waals surface area (Å²) in [5.74, 6) is 0.510. The topological polar surface area (TPSA) is 111 Å². The molecule has 0 aliphatic rings. The molecule has 0 spiro atoms. The van der Waals surface area contributed by atoms with Crippen LogP contribution in [0.15, 0.2) is 23.4 Å². The molecule has 1 aromatic heterocycles. The lowest BCUT2D eigenvalue weighted by Crippen LogP contribution is -2.29. The first-order chi connectivity index (χ1) is 8.63. The van der Waals surface area contributed by atoms with E-state index < -0.39 is 4.92 Å². The molecule has 3 N–H and O–H groups in total. The normalized spacial score (nSPS) is 10.1. The van der Waals surface area contributed by atoms with E-state index in [2.05, 4.69) is 10.3 Å². The van der Waals surface area contributed by atoms with Gasteiger partial charge in [-0.1, -0.05) is 0 Å². The van der Waals surface area contributed by atoms with Crippen molar-refractivity contribution >= 4 is 23.4 Å². The van der Waals surface area contributed by atoms with Gasteiger partial charge in [-0.3, -0.25) is 14.9 Å². The summed E-state index contributed by atoms with van der Waals surface area (Å²) < 4.78 is 0. The van der Waals surface area contributed by atoms with E-state index in [0.29, 0.717) is 30.3 Å². The number of thioether (sulfide) groups is 1. The molecule has 0 aliphatic heterocycles. The van der Waals surface area contributed by atoms with Gasteiger partial charge >= 0.3 is 0 Å². The Morgan fingerprint density at radius 3 is 2.89 bits per heavy atom. The van der Waals surface area contributed by atoms with Gasteiger partial charge in [-0.05, 0) is 6.07 Å². The van der Waals surface area contributed by atoms with E-state index in [0.717, 1.165) is 0 Å². The quantitative estimate of drug-likeness (QED) is 0.425. The van der Waals surface area contributed by atoms with Gasteiger partial charge in [0.25, 0.3) is 5.69 Å². The number of rotatable bonds is 7. The first-order valence-electron chi connectivity index (χ1n) is 5.33. The van der Waals surface area contributed by atoms with Crippen LogP contribution in [-0.4, -0.2) is 34.7 Å². The molecule has 1 rings (SSSR count). The molecular weight excluding hydrogens is 256 g/mol. The predicted molar refractivity (Wildman–Crippen MR) is 68.3 cm³/mol. The van der Waals surface area contributed by atoms with Crippen molar-refractivity contribution in [2.24, 2.45) is 5.73 Å². The second-order valence-corrected chi connectivity index (χ2v) is 4.46. The third-order valence-electron chi connectivity index (χ3n) is 1.98. The van der Waals surface area contributed by atoms with Crippen LogP contribution in [0.25, 0.3) is 0 Å². The predicted octanol–water partition coefficient (Wildman–Crippen LogP) is 0.547. The molecule has 8 heteroatoms. The maximum atomic E-state index is 11.2. The van der Waals surface area contributed by atoms with Gasteiger partial charge in [0.05, 0.1) is 9.95 Å². The lowest BCUT2D eigenvalue weighted by Gasteiger charge is -2.02. The minimum Gasteiger partial charge on any atom is -0.355 e. The van der Waals surface area contributed by atoms with E-state index in [1.165, 1.54) is 24.0 Å². The molecule has 1 aromatic rings. The van der Waals surface area contributed by atoms with Crippen LogP contribution >= 0.6 is 11.8 Å². The number of pyridine rings is 1. The molecule has 18 heavy (non-hydrogen) atoms. The van der Waals surface area contributed by atoms with Crippen LogP contribution in [0.3, 0.4) is 0 Å². The van der Waals surface area contributed by atoms with Crippen molar-refractivity contribution in [3.05, 3.63) is 28.4 Å². The molecule has 0 unspecified atom stereocenters. The highest BCUT2D eigenvalue weighted by atomic mass is 32.2. The molecule has 0 fully saturated rings. The molecule has 0 saturated heterocycles. The number of carbonyl (C=O) groups excluding carboxylic acids is 1. The molecule has 0 saturated carbocycles. The van der Waals surface area contributed by atoms with Crippen LogP contribution < -0.4 is 11.1 Å². The monoisotopic (exact) mass is 270 g/mol. The van der Waals surface area contributed by atoms with Crippen LogP contribution in [0.1, 0.15) is 6.42 Å². The fourth-order valence-electron chi connectivity index (χ4n) is 1.11. The van der Waals surface area contributed by atoms with Gasteiger partial charge in [0, 0.05) is 31.3 Å². The molecule has 0 aromatic carbocycles. The number of hydrogen-bond donors (Lipinski definition) is 2. The summed E-state index contributed by atoms with van der Waals surface area (Å²) in [5.41, 5.74) is 5.21. The summed E-state index contributed by atoms with van der Waals surface area (Å²) in [5, 5.41) is 13.7. The first kappa shape index (κ1) is 14.4. The molecule has 0 atom stereocenters. The van der Waals surface area contributed by atoms with Crippen LogP contribution in [-0.2, 0) is 4.79 Å². The van der Waals surface area contributed by atoms with E-state index in [4.69, 9.17) is 5.73 Å². The van der Waals surface area contributed by atoms with E-state index in [1.54, 1.807) is 6.07 Å². The number of hydrogen-bond acceptors (Lipinski definition) is 6. The highest BCUT2D eigenvalue weighted by Crippen LogP contribution is 2.18. The first-order valence-corrected chi connectivity index (χ1v) is 6.32. The van der Waals surface area contributed by atoms with E-state index in [1.807, 2.05) is 0 Å². The number of nitrogens with one attached hydrogen (secondary N) is 1. The Bertz CT molecular complexity index is 410. The fourth-order valence-corrected chi connectivity index (χ4v) is 1.90. The van der Waals surface area contributed by atoms with Gasteiger partial charge in [-0.15, -0.1) is 11.8 Å². The van der Waals surface area contributed by atoms with Crippen molar-refractivity contribution in [1.82, 2.24) is 10.3 Å². The highest BCUT2D eigenvalue weighted by molar-refractivity contribution is 7.99. The molecule has 0 radical (unpaired) electrons. The van der Waals surface area contributed by atoms with Gasteiger partial charge in [-0.25, -0.2) is 4.98 Å². The number of carbonyl (C=O) groups is 1. The SMILES string of the molecule is NCCNC(=O)CCSc1ccc([N+](=O)[O-])cn1. The second kappa shape index (κ2) is 7.62. The van der Waals surface area contributed by atoms with Crippen molar-refractivity contribution in [1.29, 1.82) is 0 Å². The van der Waals surface area contributed by atoms with Crippen molar-refractivity contribution in [3.63, 3.8) is 0 Å². The van der Waals surface area contributed by atoms with Crippen molar-refractivity contribution < 1.29 is 9.72 Å². The number of nitrogens with zero attached hydrogens (tertiary/aromatic N) is 2. The van der Waals surface area contributed by atoms with Crippen molar-refractivity contribution in [2.75, 3.05) is 18.8 Å². The highest BCUT2D eigenvalue weighted by Gasteiger charge is 2.06. The van der Waals surface area contributed by atoms with Gasteiger partial charge in [0.1, 0.15) is 6.20 Å². The zero-order chi connectivity index (χ0) is 13.4. The molecule has 98 valence electrons. The van der Waals surface area contributed by atoms with Crippen LogP contribution in [0.4, 0.5) is 5.69 Å².